The van der Waals surface area contributed by atoms with E-state index in [1.807, 2.05) is 6.92 Å². The van der Waals surface area contributed by atoms with Crippen molar-refractivity contribution in [3.63, 3.8) is 0 Å². The molecule has 2 nitrogen and oxygen atoms in total. The lowest BCUT2D eigenvalue weighted by Crippen LogP contribution is -2.28. The summed E-state index contributed by atoms with van der Waals surface area (Å²) in [6.45, 7) is 7.34. The van der Waals surface area contributed by atoms with E-state index in [1.54, 1.807) is 0 Å². The van der Waals surface area contributed by atoms with Crippen LogP contribution in [0, 0.1) is 0 Å². The molecular formula is C10H23NO. The minimum atomic E-state index is -0.119. The molecule has 0 saturated carbocycles. The van der Waals surface area contributed by atoms with E-state index in [4.69, 9.17) is 0 Å². The molecular weight excluding hydrogens is 150 g/mol. The molecule has 0 spiro atoms. The van der Waals surface area contributed by atoms with E-state index < -0.39 is 0 Å². The monoisotopic (exact) mass is 173 g/mol. The fourth-order valence-electron chi connectivity index (χ4n) is 1.24. The van der Waals surface area contributed by atoms with Gasteiger partial charge in [-0.25, -0.2) is 0 Å². The largest absolute Gasteiger partial charge is 0.393 e. The summed E-state index contributed by atoms with van der Waals surface area (Å²) in [5.41, 5.74) is 0. The van der Waals surface area contributed by atoms with Crippen LogP contribution in [0.3, 0.4) is 0 Å². The van der Waals surface area contributed by atoms with Gasteiger partial charge in [0.25, 0.3) is 0 Å². The first-order chi connectivity index (χ1) is 5.70. The molecule has 0 rings (SSSR count). The molecule has 0 aliphatic rings. The summed E-state index contributed by atoms with van der Waals surface area (Å²) >= 11 is 0. The van der Waals surface area contributed by atoms with E-state index in [-0.39, 0.29) is 6.10 Å². The molecule has 0 aromatic rings. The third-order valence-electron chi connectivity index (χ3n) is 2.16. The Bertz CT molecular complexity index is 95.8. The predicted molar refractivity (Wildman–Crippen MR) is 53.3 cm³/mol. The molecule has 0 aliphatic carbocycles. The Balaban J connectivity index is 3.18. The van der Waals surface area contributed by atoms with Gasteiger partial charge in [-0.15, -0.1) is 0 Å². The highest BCUT2D eigenvalue weighted by Gasteiger charge is 2.02. The lowest BCUT2D eigenvalue weighted by atomic mass is 10.1. The van der Waals surface area contributed by atoms with Crippen molar-refractivity contribution in [3.05, 3.63) is 0 Å². The average Bonchev–Trinajstić information content (AvgIpc) is 2.04. The van der Waals surface area contributed by atoms with E-state index >= 15 is 0 Å². The fraction of sp³-hybridized carbons (Fsp3) is 1.00. The smallest absolute Gasteiger partial charge is 0.0549 e. The molecule has 2 N–H and O–H groups in total. The summed E-state index contributed by atoms with van der Waals surface area (Å²) in [5, 5.41) is 12.6. The first-order valence-corrected chi connectivity index (χ1v) is 5.12. The Morgan fingerprint density at radius 1 is 1.25 bits per heavy atom. The lowest BCUT2D eigenvalue weighted by molar-refractivity contribution is 0.158. The van der Waals surface area contributed by atoms with E-state index in [0.29, 0.717) is 6.04 Å². The van der Waals surface area contributed by atoms with Crippen LogP contribution in [0.1, 0.15) is 46.5 Å². The zero-order chi connectivity index (χ0) is 9.40. The molecule has 0 fully saturated rings. The number of rotatable bonds is 7. The van der Waals surface area contributed by atoms with Gasteiger partial charge < -0.3 is 10.4 Å². The summed E-state index contributed by atoms with van der Waals surface area (Å²) in [4.78, 5) is 0. The summed E-state index contributed by atoms with van der Waals surface area (Å²) in [5.74, 6) is 0. The van der Waals surface area contributed by atoms with Crippen molar-refractivity contribution >= 4 is 0 Å². The van der Waals surface area contributed by atoms with Crippen molar-refractivity contribution in [2.75, 3.05) is 6.54 Å². The van der Waals surface area contributed by atoms with Gasteiger partial charge in [0.05, 0.1) is 6.10 Å². The maximum atomic E-state index is 9.26. The second-order valence-corrected chi connectivity index (χ2v) is 3.49. The van der Waals surface area contributed by atoms with Crippen molar-refractivity contribution in [2.45, 2.75) is 58.6 Å². The average molecular weight is 173 g/mol. The van der Waals surface area contributed by atoms with Gasteiger partial charge in [0.2, 0.25) is 0 Å². The van der Waals surface area contributed by atoms with Crippen molar-refractivity contribution < 1.29 is 5.11 Å². The number of nitrogens with one attached hydrogen (secondary N) is 1. The molecule has 0 radical (unpaired) electrons. The zero-order valence-corrected chi connectivity index (χ0v) is 8.64. The van der Waals surface area contributed by atoms with Crippen LogP contribution < -0.4 is 5.32 Å². The third kappa shape index (κ3) is 6.62. The first-order valence-electron chi connectivity index (χ1n) is 5.12. The highest BCUT2D eigenvalue weighted by Crippen LogP contribution is 1.97. The van der Waals surface area contributed by atoms with Gasteiger partial charge >= 0.3 is 0 Å². The van der Waals surface area contributed by atoms with Crippen LogP contribution in [0.15, 0.2) is 0 Å². The van der Waals surface area contributed by atoms with Gasteiger partial charge in [0.1, 0.15) is 0 Å². The quantitative estimate of drug-likeness (QED) is 0.616. The zero-order valence-electron chi connectivity index (χ0n) is 8.64. The van der Waals surface area contributed by atoms with Crippen LogP contribution in [0.25, 0.3) is 0 Å². The van der Waals surface area contributed by atoms with Crippen molar-refractivity contribution in [3.8, 4) is 0 Å². The summed E-state index contributed by atoms with van der Waals surface area (Å²) in [7, 11) is 0. The Kier molecular flexibility index (Phi) is 7.51. The predicted octanol–water partition coefficient (Wildman–Crippen LogP) is 1.93. The van der Waals surface area contributed by atoms with Crippen LogP contribution in [0.5, 0.6) is 0 Å². The van der Waals surface area contributed by atoms with Crippen molar-refractivity contribution in [1.29, 1.82) is 0 Å². The highest BCUT2D eigenvalue weighted by atomic mass is 16.3. The van der Waals surface area contributed by atoms with Crippen molar-refractivity contribution in [1.82, 2.24) is 5.32 Å². The molecule has 2 heteroatoms. The molecule has 2 unspecified atom stereocenters. The molecule has 0 heterocycles. The van der Waals surface area contributed by atoms with Crippen LogP contribution in [-0.4, -0.2) is 23.8 Å². The van der Waals surface area contributed by atoms with E-state index in [9.17, 15) is 5.11 Å². The molecule has 0 aromatic heterocycles. The molecule has 0 amide bonds. The van der Waals surface area contributed by atoms with Gasteiger partial charge in [-0.05, 0) is 32.7 Å². The number of aliphatic hydroxyl groups excluding tert-OH is 1. The topological polar surface area (TPSA) is 32.3 Å². The Labute approximate surface area is 76.4 Å². The first kappa shape index (κ1) is 11.9. The second-order valence-electron chi connectivity index (χ2n) is 3.49. The molecule has 0 saturated heterocycles. The Morgan fingerprint density at radius 2 is 1.92 bits per heavy atom. The van der Waals surface area contributed by atoms with E-state index in [1.165, 1.54) is 12.8 Å². The molecule has 74 valence electrons. The Morgan fingerprint density at radius 3 is 2.42 bits per heavy atom. The summed E-state index contributed by atoms with van der Waals surface area (Å²) < 4.78 is 0. The molecule has 12 heavy (non-hydrogen) atoms. The fourth-order valence-corrected chi connectivity index (χ4v) is 1.24. The maximum Gasteiger partial charge on any atom is 0.0549 e. The lowest BCUT2D eigenvalue weighted by Gasteiger charge is -2.14. The molecule has 0 bridgehead atoms. The summed E-state index contributed by atoms with van der Waals surface area (Å²) in [6, 6.07) is 0.596. The number of hydrogen-bond acceptors (Lipinski definition) is 2. The van der Waals surface area contributed by atoms with Crippen molar-refractivity contribution in [2.24, 2.45) is 0 Å². The van der Waals surface area contributed by atoms with E-state index in [0.717, 1.165) is 19.4 Å². The minimum absolute atomic E-state index is 0.119. The molecule has 0 aliphatic heterocycles. The maximum absolute atomic E-state index is 9.26. The van der Waals surface area contributed by atoms with Gasteiger partial charge in [-0.2, -0.15) is 0 Å². The number of aliphatic hydroxyl groups is 1. The van der Waals surface area contributed by atoms with Gasteiger partial charge in [-0.3, -0.25) is 0 Å². The normalized spacial score (nSPS) is 16.0. The van der Waals surface area contributed by atoms with Crippen LogP contribution in [0.4, 0.5) is 0 Å². The highest BCUT2D eigenvalue weighted by molar-refractivity contribution is 4.61. The van der Waals surface area contributed by atoms with Gasteiger partial charge in [0.15, 0.2) is 0 Å². The minimum Gasteiger partial charge on any atom is -0.393 e. The third-order valence-corrected chi connectivity index (χ3v) is 2.16. The van der Waals surface area contributed by atoms with E-state index in [2.05, 4.69) is 19.2 Å². The molecule has 2 atom stereocenters. The van der Waals surface area contributed by atoms with Gasteiger partial charge in [-0.1, -0.05) is 20.3 Å². The summed E-state index contributed by atoms with van der Waals surface area (Å²) in [6.07, 6.45) is 4.08. The second kappa shape index (κ2) is 7.56. The van der Waals surface area contributed by atoms with Crippen LogP contribution in [0.2, 0.25) is 0 Å². The Hall–Kier alpha value is -0.0800. The SMILES string of the molecule is CCCC(C)NCCC(O)CC. The van der Waals surface area contributed by atoms with Gasteiger partial charge in [0, 0.05) is 6.04 Å². The molecule has 0 aromatic carbocycles. The standard InChI is InChI=1S/C10H23NO/c1-4-6-9(3)11-8-7-10(12)5-2/h9-12H,4-8H2,1-3H3. The number of hydrogen-bond donors (Lipinski definition) is 2. The van der Waals surface area contributed by atoms with Crippen LogP contribution in [-0.2, 0) is 0 Å². The van der Waals surface area contributed by atoms with Crippen LogP contribution >= 0.6 is 0 Å².